The molecule has 4 rings (SSSR count). The summed E-state index contributed by atoms with van der Waals surface area (Å²) in [5.74, 6) is 1.04. The molecule has 174 valence electrons. The van der Waals surface area contributed by atoms with Crippen LogP contribution in [0.15, 0.2) is 54.6 Å². The lowest BCUT2D eigenvalue weighted by molar-refractivity contribution is 0.206. The fourth-order valence-electron chi connectivity index (χ4n) is 4.27. The third kappa shape index (κ3) is 5.16. The molecule has 1 aliphatic rings. The van der Waals surface area contributed by atoms with E-state index in [2.05, 4.69) is 5.32 Å². The number of benzene rings is 3. The molecular weight excluding hydrogens is 441 g/mol. The van der Waals surface area contributed by atoms with Crippen molar-refractivity contribution in [3.63, 3.8) is 0 Å². The van der Waals surface area contributed by atoms with Gasteiger partial charge in [0.1, 0.15) is 23.4 Å². The van der Waals surface area contributed by atoms with Gasteiger partial charge in [0.2, 0.25) is 0 Å². The van der Waals surface area contributed by atoms with Crippen molar-refractivity contribution in [1.29, 1.82) is 0 Å². The molecule has 0 spiro atoms. The number of rotatable bonds is 9. The molecule has 4 nitrogen and oxygen atoms in total. The van der Waals surface area contributed by atoms with Crippen LogP contribution < -0.4 is 14.8 Å². The van der Waals surface area contributed by atoms with Gasteiger partial charge in [-0.25, -0.2) is 4.39 Å². The highest BCUT2D eigenvalue weighted by Gasteiger charge is 2.28. The molecular formula is C27H29ClFNO3. The molecule has 0 aromatic heterocycles. The summed E-state index contributed by atoms with van der Waals surface area (Å²) in [5, 5.41) is 13.0. The first-order valence-electron chi connectivity index (χ1n) is 11.3. The zero-order valence-electron chi connectivity index (χ0n) is 18.9. The van der Waals surface area contributed by atoms with Crippen LogP contribution in [0.3, 0.4) is 0 Å². The van der Waals surface area contributed by atoms with Gasteiger partial charge in [-0.2, -0.15) is 0 Å². The summed E-state index contributed by atoms with van der Waals surface area (Å²) in [4.78, 5) is 0. The maximum Gasteiger partial charge on any atom is 0.142 e. The molecule has 0 saturated heterocycles. The minimum absolute atomic E-state index is 0.0344. The molecule has 0 unspecified atom stereocenters. The second-order valence-electron chi connectivity index (χ2n) is 8.29. The van der Waals surface area contributed by atoms with Crippen molar-refractivity contribution in [3.8, 4) is 22.6 Å². The highest BCUT2D eigenvalue weighted by Crippen LogP contribution is 2.43. The standard InChI is InChI=1S/C27H29ClFNO3/c1-3-32-26-14-27(23(28)13-18(26)15-30-17(2)16-31)33-25-12-11-20-19(8-6-9-22(20)25)21-7-4-5-10-24(21)29/h4-10,13-14,17,25,30-31H,3,11-12,15-16H2,1-2H3/t17-,25-/m0/s1. The Morgan fingerprint density at radius 2 is 1.91 bits per heavy atom. The van der Waals surface area contributed by atoms with Gasteiger partial charge >= 0.3 is 0 Å². The van der Waals surface area contributed by atoms with Crippen LogP contribution in [0.4, 0.5) is 4.39 Å². The van der Waals surface area contributed by atoms with Gasteiger partial charge in [0.15, 0.2) is 0 Å². The van der Waals surface area contributed by atoms with E-state index in [1.807, 2.05) is 56.3 Å². The smallest absolute Gasteiger partial charge is 0.142 e. The van der Waals surface area contributed by atoms with Crippen LogP contribution >= 0.6 is 11.6 Å². The fraction of sp³-hybridized carbons (Fsp3) is 0.333. The molecule has 1 aliphatic carbocycles. The van der Waals surface area contributed by atoms with Crippen LogP contribution in [-0.2, 0) is 13.0 Å². The molecule has 0 saturated carbocycles. The maximum atomic E-state index is 14.4. The number of hydrogen-bond donors (Lipinski definition) is 2. The Morgan fingerprint density at radius 3 is 2.67 bits per heavy atom. The van der Waals surface area contributed by atoms with Crippen LogP contribution in [0.25, 0.3) is 11.1 Å². The molecule has 0 heterocycles. The summed E-state index contributed by atoms with van der Waals surface area (Å²) < 4.78 is 26.7. The number of halogens is 2. The van der Waals surface area contributed by atoms with Gasteiger partial charge < -0.3 is 19.9 Å². The van der Waals surface area contributed by atoms with E-state index in [0.717, 1.165) is 35.1 Å². The van der Waals surface area contributed by atoms with E-state index in [-0.39, 0.29) is 24.6 Å². The quantitative estimate of drug-likeness (QED) is 0.398. The van der Waals surface area contributed by atoms with E-state index in [9.17, 15) is 9.50 Å². The average Bonchev–Trinajstić information content (AvgIpc) is 3.23. The number of ether oxygens (including phenoxy) is 2. The lowest BCUT2D eigenvalue weighted by atomic mass is 9.96. The van der Waals surface area contributed by atoms with Crippen molar-refractivity contribution < 1.29 is 19.0 Å². The lowest BCUT2D eigenvalue weighted by Crippen LogP contribution is -2.28. The summed E-state index contributed by atoms with van der Waals surface area (Å²) in [5.41, 5.74) is 4.61. The van der Waals surface area contributed by atoms with Crippen LogP contribution in [-0.4, -0.2) is 24.4 Å². The Labute approximate surface area is 199 Å². The van der Waals surface area contributed by atoms with Gasteiger partial charge in [0, 0.05) is 29.8 Å². The third-order valence-corrected chi connectivity index (χ3v) is 6.27. The Kier molecular flexibility index (Phi) is 7.53. The van der Waals surface area contributed by atoms with Crippen LogP contribution in [0.2, 0.25) is 5.02 Å². The molecule has 3 aromatic carbocycles. The predicted molar refractivity (Wildman–Crippen MR) is 130 cm³/mol. The average molecular weight is 470 g/mol. The Hall–Kier alpha value is -2.60. The van der Waals surface area contributed by atoms with E-state index in [1.165, 1.54) is 6.07 Å². The van der Waals surface area contributed by atoms with Gasteiger partial charge in [0.25, 0.3) is 0 Å². The van der Waals surface area contributed by atoms with Crippen LogP contribution in [0.1, 0.15) is 43.1 Å². The number of hydrogen-bond acceptors (Lipinski definition) is 4. The molecule has 0 bridgehead atoms. The zero-order chi connectivity index (χ0) is 23.4. The number of aliphatic hydroxyl groups is 1. The summed E-state index contributed by atoms with van der Waals surface area (Å²) in [6, 6.07) is 16.5. The highest BCUT2D eigenvalue weighted by molar-refractivity contribution is 6.32. The first-order valence-corrected chi connectivity index (χ1v) is 11.7. The lowest BCUT2D eigenvalue weighted by Gasteiger charge is -2.20. The van der Waals surface area contributed by atoms with Crippen molar-refractivity contribution in [3.05, 3.63) is 82.1 Å². The largest absolute Gasteiger partial charge is 0.493 e. The summed E-state index contributed by atoms with van der Waals surface area (Å²) in [7, 11) is 0. The van der Waals surface area contributed by atoms with Gasteiger partial charge in [-0.05, 0) is 55.5 Å². The Bertz CT molecular complexity index is 1120. The van der Waals surface area contributed by atoms with E-state index >= 15 is 0 Å². The Balaban J connectivity index is 1.60. The predicted octanol–water partition coefficient (Wildman–Crippen LogP) is 6.08. The van der Waals surface area contributed by atoms with E-state index in [1.54, 1.807) is 6.07 Å². The van der Waals surface area contributed by atoms with E-state index < -0.39 is 0 Å². The molecule has 0 radical (unpaired) electrons. The van der Waals surface area contributed by atoms with Gasteiger partial charge in [-0.1, -0.05) is 48.0 Å². The summed E-state index contributed by atoms with van der Waals surface area (Å²) >= 11 is 6.60. The SMILES string of the molecule is CCOc1cc(O[C@H]2CCc3c(-c4ccccc4F)cccc32)c(Cl)cc1CN[C@@H](C)CO. The third-order valence-electron chi connectivity index (χ3n) is 5.98. The van der Waals surface area contributed by atoms with Gasteiger partial charge in [0.05, 0.1) is 18.2 Å². The molecule has 2 N–H and O–H groups in total. The van der Waals surface area contributed by atoms with Gasteiger partial charge in [-0.15, -0.1) is 0 Å². The van der Waals surface area contributed by atoms with E-state index in [0.29, 0.717) is 35.2 Å². The topological polar surface area (TPSA) is 50.7 Å². The normalized spacial score (nSPS) is 15.8. The van der Waals surface area contributed by atoms with Crippen molar-refractivity contribution >= 4 is 11.6 Å². The minimum Gasteiger partial charge on any atom is -0.493 e. The summed E-state index contributed by atoms with van der Waals surface area (Å²) in [6.45, 7) is 4.93. The fourth-order valence-corrected chi connectivity index (χ4v) is 4.50. The van der Waals surface area contributed by atoms with Crippen molar-refractivity contribution in [2.75, 3.05) is 13.2 Å². The van der Waals surface area contributed by atoms with Crippen molar-refractivity contribution in [2.45, 2.75) is 45.4 Å². The number of nitrogens with one attached hydrogen (secondary N) is 1. The minimum atomic E-state index is -0.223. The summed E-state index contributed by atoms with van der Waals surface area (Å²) in [6.07, 6.45) is 1.43. The van der Waals surface area contributed by atoms with Crippen molar-refractivity contribution in [2.24, 2.45) is 0 Å². The molecule has 33 heavy (non-hydrogen) atoms. The van der Waals surface area contributed by atoms with Crippen molar-refractivity contribution in [1.82, 2.24) is 5.32 Å². The molecule has 0 aliphatic heterocycles. The highest BCUT2D eigenvalue weighted by atomic mass is 35.5. The maximum absolute atomic E-state index is 14.4. The second kappa shape index (κ2) is 10.6. The first kappa shape index (κ1) is 23.6. The molecule has 0 amide bonds. The molecule has 3 aromatic rings. The molecule has 2 atom stereocenters. The monoisotopic (exact) mass is 469 g/mol. The number of aliphatic hydroxyl groups excluding tert-OH is 1. The van der Waals surface area contributed by atoms with Crippen LogP contribution in [0.5, 0.6) is 11.5 Å². The Morgan fingerprint density at radius 1 is 1.12 bits per heavy atom. The second-order valence-corrected chi connectivity index (χ2v) is 8.69. The van der Waals surface area contributed by atoms with Crippen LogP contribution in [0, 0.1) is 5.82 Å². The first-order chi connectivity index (χ1) is 16.0. The number of fused-ring (bicyclic) bond motifs is 1. The zero-order valence-corrected chi connectivity index (χ0v) is 19.7. The molecule has 6 heteroatoms. The molecule has 0 fully saturated rings. The van der Waals surface area contributed by atoms with Gasteiger partial charge in [-0.3, -0.25) is 0 Å². The van der Waals surface area contributed by atoms with E-state index in [4.69, 9.17) is 21.1 Å².